The molecule has 0 fully saturated rings. The van der Waals surface area contributed by atoms with Gasteiger partial charge >= 0.3 is 12.2 Å². The molecule has 2 aromatic carbocycles. The zero-order chi connectivity index (χ0) is 23.8. The maximum atomic E-state index is 13.4. The second-order valence-electron chi connectivity index (χ2n) is 7.07. The average molecular weight is 457 g/mol. The van der Waals surface area contributed by atoms with Gasteiger partial charge in [-0.05, 0) is 54.8 Å². The van der Waals surface area contributed by atoms with E-state index in [2.05, 4.69) is 27.6 Å². The minimum atomic E-state index is -4.88. The number of nitrogens with two attached hydrogens (primary N) is 1. The van der Waals surface area contributed by atoms with E-state index in [0.29, 0.717) is 35.6 Å². The lowest BCUT2D eigenvalue weighted by molar-refractivity contribution is -0.139. The minimum absolute atomic E-state index is 0.200. The summed E-state index contributed by atoms with van der Waals surface area (Å²) in [7, 11) is 0. The number of halogens is 4. The van der Waals surface area contributed by atoms with Crippen molar-refractivity contribution in [1.82, 2.24) is 14.6 Å². The van der Waals surface area contributed by atoms with Crippen molar-refractivity contribution in [2.24, 2.45) is 0 Å². The van der Waals surface area contributed by atoms with E-state index >= 15 is 0 Å². The molecule has 0 bridgehead atoms. The Morgan fingerprint density at radius 2 is 1.76 bits per heavy atom. The molecule has 11 heteroatoms. The fourth-order valence-electron chi connectivity index (χ4n) is 3.43. The Balaban J connectivity index is 1.54. The van der Waals surface area contributed by atoms with Crippen LogP contribution in [0, 0.1) is 12.7 Å². The summed E-state index contributed by atoms with van der Waals surface area (Å²) in [5.41, 5.74) is 7.88. The molecule has 0 aliphatic rings. The Morgan fingerprint density at radius 1 is 1.09 bits per heavy atom. The molecule has 0 aliphatic carbocycles. The molecule has 0 unspecified atom stereocenters. The highest BCUT2D eigenvalue weighted by molar-refractivity contribution is 6.00. The molecule has 0 spiro atoms. The summed E-state index contributed by atoms with van der Waals surface area (Å²) in [6, 6.07) is 8.17. The lowest BCUT2D eigenvalue weighted by Gasteiger charge is -2.12. The van der Waals surface area contributed by atoms with Gasteiger partial charge in [0.2, 0.25) is 0 Å². The van der Waals surface area contributed by atoms with Gasteiger partial charge in [0.25, 0.3) is 0 Å². The Morgan fingerprint density at radius 3 is 2.42 bits per heavy atom. The van der Waals surface area contributed by atoms with Crippen molar-refractivity contribution in [3.8, 4) is 11.1 Å². The summed E-state index contributed by atoms with van der Waals surface area (Å²) in [4.78, 5) is 16.3. The van der Waals surface area contributed by atoms with Crippen LogP contribution in [-0.4, -0.2) is 20.6 Å². The number of nitrogen functional groups attached to an aromatic ring is 1. The summed E-state index contributed by atoms with van der Waals surface area (Å²) in [6.45, 7) is 3.93. The van der Waals surface area contributed by atoms with Crippen molar-refractivity contribution in [2.45, 2.75) is 12.6 Å². The van der Waals surface area contributed by atoms with Gasteiger partial charge in [0.15, 0.2) is 5.82 Å². The Labute approximate surface area is 185 Å². The molecule has 4 aromatic rings. The van der Waals surface area contributed by atoms with Crippen LogP contribution in [0.5, 0.6) is 0 Å². The number of carbonyl (C=O) groups is 1. The number of hydrogen-bond donors (Lipinski definition) is 3. The Bertz CT molecular complexity index is 1330. The molecule has 33 heavy (non-hydrogen) atoms. The molecular formula is C22H17F4N6O. The van der Waals surface area contributed by atoms with Crippen molar-refractivity contribution in [1.29, 1.82) is 0 Å². The first-order valence-corrected chi connectivity index (χ1v) is 9.62. The van der Waals surface area contributed by atoms with E-state index in [9.17, 15) is 22.4 Å². The predicted molar refractivity (Wildman–Crippen MR) is 116 cm³/mol. The molecule has 2 heterocycles. The highest BCUT2D eigenvalue weighted by Crippen LogP contribution is 2.34. The summed E-state index contributed by atoms with van der Waals surface area (Å²) < 4.78 is 53.6. The fourth-order valence-corrected chi connectivity index (χ4v) is 3.43. The first-order chi connectivity index (χ1) is 15.7. The topological polar surface area (TPSA) is 97.3 Å². The molecule has 2 aromatic heterocycles. The van der Waals surface area contributed by atoms with Gasteiger partial charge in [-0.15, -0.1) is 0 Å². The van der Waals surface area contributed by atoms with Crippen LogP contribution in [0.4, 0.5) is 39.5 Å². The van der Waals surface area contributed by atoms with Gasteiger partial charge in [-0.3, -0.25) is 0 Å². The number of urea groups is 1. The third-order valence-corrected chi connectivity index (χ3v) is 4.91. The Kier molecular flexibility index (Phi) is 5.62. The van der Waals surface area contributed by atoms with Gasteiger partial charge in [-0.25, -0.2) is 18.7 Å². The molecule has 0 saturated heterocycles. The molecule has 2 amide bonds. The van der Waals surface area contributed by atoms with Crippen LogP contribution in [-0.2, 0) is 12.6 Å². The van der Waals surface area contributed by atoms with E-state index in [-0.39, 0.29) is 5.69 Å². The first-order valence-electron chi connectivity index (χ1n) is 9.62. The van der Waals surface area contributed by atoms with E-state index in [1.165, 1.54) is 6.33 Å². The van der Waals surface area contributed by atoms with E-state index < -0.39 is 23.6 Å². The van der Waals surface area contributed by atoms with Gasteiger partial charge in [0, 0.05) is 23.1 Å². The first kappa shape index (κ1) is 22.1. The molecule has 169 valence electrons. The third kappa shape index (κ3) is 4.43. The number of nitrogens with zero attached hydrogens (tertiary/aromatic N) is 3. The number of carbonyl (C=O) groups excluding carboxylic acids is 1. The number of hydrogen-bond acceptors (Lipinski definition) is 4. The lowest BCUT2D eigenvalue weighted by atomic mass is 10.0. The smallest absolute Gasteiger partial charge is 0.382 e. The quantitative estimate of drug-likeness (QED) is 0.369. The van der Waals surface area contributed by atoms with Gasteiger partial charge in [0.05, 0.1) is 5.56 Å². The molecule has 0 saturated carbocycles. The van der Waals surface area contributed by atoms with E-state index in [1.807, 2.05) is 6.20 Å². The molecule has 0 atom stereocenters. The van der Waals surface area contributed by atoms with Crippen LogP contribution in [0.15, 0.2) is 55.0 Å². The van der Waals surface area contributed by atoms with E-state index in [1.54, 1.807) is 28.8 Å². The maximum absolute atomic E-state index is 13.4. The standard InChI is InChI=1S/C22H17F4N6O/c1-2-12-10-32-19(20(27)28-11-29-32)18(12)13-3-5-14(6-4-13)30-21(33)31-15-7-8-17(23)16(9-15)22(24,25)26/h3-11H,1-2H2,(H2,27,28,29)(H2,30,31,33). The van der Waals surface area contributed by atoms with Crippen molar-refractivity contribution < 1.29 is 22.4 Å². The number of anilines is 3. The monoisotopic (exact) mass is 457 g/mol. The lowest BCUT2D eigenvalue weighted by Crippen LogP contribution is -2.20. The number of benzene rings is 2. The zero-order valence-corrected chi connectivity index (χ0v) is 16.9. The van der Waals surface area contributed by atoms with Gasteiger partial charge in [-0.2, -0.15) is 18.3 Å². The highest BCUT2D eigenvalue weighted by atomic mass is 19.4. The Hall–Kier alpha value is -4.15. The fraction of sp³-hybridized carbons (Fsp3) is 0.0909. The van der Waals surface area contributed by atoms with Crippen molar-refractivity contribution in [3.05, 3.63) is 78.9 Å². The number of rotatable bonds is 4. The molecule has 4 rings (SSSR count). The summed E-state index contributed by atoms with van der Waals surface area (Å²) in [5.74, 6) is -1.12. The van der Waals surface area contributed by atoms with Crippen LogP contribution < -0.4 is 16.4 Å². The van der Waals surface area contributed by atoms with Crippen molar-refractivity contribution >= 4 is 28.7 Å². The SMILES string of the molecule is [CH2]Cc1cn2ncnc(N)c2c1-c1ccc(NC(=O)Nc2ccc(F)c(C(F)(F)F)c2)cc1. The van der Waals surface area contributed by atoms with Gasteiger partial charge in [0.1, 0.15) is 17.7 Å². The highest BCUT2D eigenvalue weighted by Gasteiger charge is 2.34. The molecular weight excluding hydrogens is 440 g/mol. The average Bonchev–Trinajstić information content (AvgIpc) is 3.15. The van der Waals surface area contributed by atoms with Crippen LogP contribution in [0.3, 0.4) is 0 Å². The second kappa shape index (κ2) is 8.41. The third-order valence-electron chi connectivity index (χ3n) is 4.91. The normalized spacial score (nSPS) is 11.5. The second-order valence-corrected chi connectivity index (χ2v) is 7.07. The van der Waals surface area contributed by atoms with Gasteiger partial charge < -0.3 is 16.4 Å². The number of aromatic nitrogens is 3. The van der Waals surface area contributed by atoms with Crippen LogP contribution in [0.1, 0.15) is 11.1 Å². The molecule has 1 radical (unpaired) electrons. The van der Waals surface area contributed by atoms with Crippen molar-refractivity contribution in [2.75, 3.05) is 16.4 Å². The predicted octanol–water partition coefficient (Wildman–Crippen LogP) is 5.16. The molecule has 4 N–H and O–H groups in total. The summed E-state index contributed by atoms with van der Waals surface area (Å²) in [6.07, 6.45) is -1.23. The van der Waals surface area contributed by atoms with E-state index in [4.69, 9.17) is 5.73 Å². The number of fused-ring (bicyclic) bond motifs is 1. The minimum Gasteiger partial charge on any atom is -0.382 e. The summed E-state index contributed by atoms with van der Waals surface area (Å²) in [5, 5.41) is 8.94. The zero-order valence-electron chi connectivity index (χ0n) is 16.9. The van der Waals surface area contributed by atoms with Crippen LogP contribution >= 0.6 is 0 Å². The number of alkyl halides is 3. The van der Waals surface area contributed by atoms with Crippen molar-refractivity contribution in [3.63, 3.8) is 0 Å². The number of nitrogens with one attached hydrogen (secondary N) is 2. The number of amides is 2. The summed E-state index contributed by atoms with van der Waals surface area (Å²) >= 11 is 0. The molecule has 7 nitrogen and oxygen atoms in total. The maximum Gasteiger partial charge on any atom is 0.419 e. The van der Waals surface area contributed by atoms with Crippen LogP contribution in [0.2, 0.25) is 0 Å². The largest absolute Gasteiger partial charge is 0.419 e. The van der Waals surface area contributed by atoms with E-state index in [0.717, 1.165) is 22.8 Å². The molecule has 0 aliphatic heterocycles. The van der Waals surface area contributed by atoms with Crippen LogP contribution in [0.25, 0.3) is 16.6 Å². The van der Waals surface area contributed by atoms with Gasteiger partial charge in [-0.1, -0.05) is 12.1 Å².